The number of thioether (sulfide) groups is 1. The molecule has 0 aliphatic carbocycles. The van der Waals surface area contributed by atoms with Crippen LogP contribution < -0.4 is 0 Å². The molecule has 1 N–H and O–H groups in total. The predicted octanol–water partition coefficient (Wildman–Crippen LogP) is 3.54. The van der Waals surface area contributed by atoms with Gasteiger partial charge in [-0.3, -0.25) is 4.79 Å². The van der Waals surface area contributed by atoms with Gasteiger partial charge in [-0.05, 0) is 18.1 Å². The van der Waals surface area contributed by atoms with E-state index >= 15 is 0 Å². The molecule has 2 rings (SSSR count). The topological polar surface area (TPSA) is 55.1 Å². The summed E-state index contributed by atoms with van der Waals surface area (Å²) in [5.74, 6) is -2.77. The third kappa shape index (κ3) is 3.34. The molecule has 2 aromatic rings. The Balaban J connectivity index is 2.53. The number of benzene rings is 1. The SMILES string of the molecule is CCC(C)Cn1c(SCC(=O)O)nc2ccc(F)c(F)c21. The van der Waals surface area contributed by atoms with E-state index in [2.05, 4.69) is 4.98 Å². The molecule has 7 heteroatoms. The molecule has 0 radical (unpaired) electrons. The lowest BCUT2D eigenvalue weighted by Gasteiger charge is -2.13. The zero-order valence-corrected chi connectivity index (χ0v) is 12.6. The Morgan fingerprint density at radius 3 is 2.81 bits per heavy atom. The minimum atomic E-state index is -0.978. The zero-order chi connectivity index (χ0) is 15.6. The van der Waals surface area contributed by atoms with Crippen molar-refractivity contribution in [1.29, 1.82) is 0 Å². The first-order chi connectivity index (χ1) is 9.93. The summed E-state index contributed by atoms with van der Waals surface area (Å²) >= 11 is 1.01. The van der Waals surface area contributed by atoms with Crippen LogP contribution in [0, 0.1) is 17.6 Å². The molecule has 1 aromatic carbocycles. The number of aromatic nitrogens is 2. The monoisotopic (exact) mass is 314 g/mol. The maximum absolute atomic E-state index is 14.1. The van der Waals surface area contributed by atoms with Gasteiger partial charge in [0.15, 0.2) is 16.8 Å². The van der Waals surface area contributed by atoms with Crippen molar-refractivity contribution in [2.75, 3.05) is 5.75 Å². The first-order valence-electron chi connectivity index (χ1n) is 6.62. The quantitative estimate of drug-likeness (QED) is 0.829. The van der Waals surface area contributed by atoms with Crippen LogP contribution in [0.5, 0.6) is 0 Å². The molecule has 1 unspecified atom stereocenters. The molecule has 0 saturated heterocycles. The Kier molecular flexibility index (Phi) is 4.82. The second-order valence-corrected chi connectivity index (χ2v) is 5.87. The van der Waals surface area contributed by atoms with Crippen LogP contribution in [-0.2, 0) is 11.3 Å². The lowest BCUT2D eigenvalue weighted by atomic mass is 10.1. The van der Waals surface area contributed by atoms with Gasteiger partial charge in [0.1, 0.15) is 5.52 Å². The summed E-state index contributed by atoms with van der Waals surface area (Å²) in [6, 6.07) is 2.44. The van der Waals surface area contributed by atoms with Gasteiger partial charge in [-0.1, -0.05) is 32.0 Å². The molecule has 21 heavy (non-hydrogen) atoms. The molecule has 0 fully saturated rings. The Morgan fingerprint density at radius 1 is 1.48 bits per heavy atom. The van der Waals surface area contributed by atoms with Gasteiger partial charge in [-0.25, -0.2) is 13.8 Å². The number of hydrogen-bond donors (Lipinski definition) is 1. The highest BCUT2D eigenvalue weighted by atomic mass is 32.2. The summed E-state index contributed by atoms with van der Waals surface area (Å²) in [6.45, 7) is 4.47. The van der Waals surface area contributed by atoms with E-state index in [1.165, 1.54) is 6.07 Å². The van der Waals surface area contributed by atoms with Gasteiger partial charge in [0.2, 0.25) is 0 Å². The average molecular weight is 314 g/mol. The van der Waals surface area contributed by atoms with Crippen molar-refractivity contribution in [1.82, 2.24) is 9.55 Å². The lowest BCUT2D eigenvalue weighted by molar-refractivity contribution is -0.133. The molecular formula is C14H16F2N2O2S. The van der Waals surface area contributed by atoms with E-state index in [4.69, 9.17) is 5.11 Å². The number of imidazole rings is 1. The van der Waals surface area contributed by atoms with Gasteiger partial charge in [-0.15, -0.1) is 0 Å². The second-order valence-electron chi connectivity index (χ2n) is 4.93. The Morgan fingerprint density at radius 2 is 2.19 bits per heavy atom. The van der Waals surface area contributed by atoms with Gasteiger partial charge in [0.05, 0.1) is 11.3 Å². The number of carbonyl (C=O) groups is 1. The molecule has 1 atom stereocenters. The zero-order valence-electron chi connectivity index (χ0n) is 11.8. The molecule has 0 saturated carbocycles. The molecule has 1 aromatic heterocycles. The molecule has 1 heterocycles. The summed E-state index contributed by atoms with van der Waals surface area (Å²) < 4.78 is 29.1. The number of fused-ring (bicyclic) bond motifs is 1. The smallest absolute Gasteiger partial charge is 0.313 e. The highest BCUT2D eigenvalue weighted by Gasteiger charge is 2.19. The van der Waals surface area contributed by atoms with Gasteiger partial charge >= 0.3 is 5.97 Å². The fraction of sp³-hybridized carbons (Fsp3) is 0.429. The van der Waals surface area contributed by atoms with Crippen molar-refractivity contribution < 1.29 is 18.7 Å². The first-order valence-corrected chi connectivity index (χ1v) is 7.61. The molecule has 0 amide bonds. The van der Waals surface area contributed by atoms with E-state index in [0.717, 1.165) is 24.2 Å². The number of carboxylic acid groups (broad SMARTS) is 1. The van der Waals surface area contributed by atoms with Crippen LogP contribution in [-0.4, -0.2) is 26.4 Å². The summed E-state index contributed by atoms with van der Waals surface area (Å²) in [6.07, 6.45) is 0.875. The molecule has 0 aliphatic rings. The number of rotatable bonds is 6. The molecular weight excluding hydrogens is 298 g/mol. The van der Waals surface area contributed by atoms with E-state index in [-0.39, 0.29) is 17.2 Å². The van der Waals surface area contributed by atoms with Gasteiger partial charge in [0.25, 0.3) is 0 Å². The summed E-state index contributed by atoms with van der Waals surface area (Å²) in [5, 5.41) is 9.18. The molecule has 0 spiro atoms. The predicted molar refractivity (Wildman–Crippen MR) is 77.5 cm³/mol. The van der Waals surface area contributed by atoms with E-state index in [9.17, 15) is 13.6 Å². The second kappa shape index (κ2) is 6.43. The van der Waals surface area contributed by atoms with Crippen molar-refractivity contribution in [2.45, 2.75) is 32.0 Å². The summed E-state index contributed by atoms with van der Waals surface area (Å²) in [7, 11) is 0. The van der Waals surface area contributed by atoms with Gasteiger partial charge in [0, 0.05) is 6.54 Å². The van der Waals surface area contributed by atoms with Crippen LogP contribution in [0.2, 0.25) is 0 Å². The first kappa shape index (κ1) is 15.8. The van der Waals surface area contributed by atoms with E-state index in [1.54, 1.807) is 4.57 Å². The van der Waals surface area contributed by atoms with Gasteiger partial charge in [-0.2, -0.15) is 0 Å². The minimum absolute atomic E-state index is 0.100. The van der Waals surface area contributed by atoms with Crippen molar-refractivity contribution in [3.05, 3.63) is 23.8 Å². The Labute approximate surface area is 125 Å². The number of carboxylic acids is 1. The fourth-order valence-corrected chi connectivity index (χ4v) is 2.72. The van der Waals surface area contributed by atoms with Crippen LogP contribution in [0.15, 0.2) is 17.3 Å². The third-order valence-electron chi connectivity index (χ3n) is 3.28. The number of hydrogen-bond acceptors (Lipinski definition) is 3. The highest BCUT2D eigenvalue weighted by Crippen LogP contribution is 2.28. The number of aliphatic carboxylic acids is 1. The Bertz CT molecular complexity index is 673. The number of nitrogens with zero attached hydrogens (tertiary/aromatic N) is 2. The van der Waals surface area contributed by atoms with E-state index in [0.29, 0.717) is 17.2 Å². The molecule has 114 valence electrons. The summed E-state index contributed by atoms with van der Waals surface area (Å²) in [5.41, 5.74) is 0.438. The standard InChI is InChI=1S/C14H16F2N2O2S/c1-3-8(2)6-18-13-10(5-4-9(15)12(13)16)17-14(18)21-7-11(19)20/h4-5,8H,3,6-7H2,1-2H3,(H,19,20). The van der Waals surface area contributed by atoms with Gasteiger partial charge < -0.3 is 9.67 Å². The van der Waals surface area contributed by atoms with Crippen LogP contribution in [0.1, 0.15) is 20.3 Å². The maximum atomic E-state index is 14.1. The van der Waals surface area contributed by atoms with Crippen molar-refractivity contribution in [3.8, 4) is 0 Å². The van der Waals surface area contributed by atoms with Crippen LogP contribution in [0.25, 0.3) is 11.0 Å². The van der Waals surface area contributed by atoms with Crippen LogP contribution in [0.3, 0.4) is 0 Å². The van der Waals surface area contributed by atoms with Crippen LogP contribution >= 0.6 is 11.8 Å². The van der Waals surface area contributed by atoms with Crippen LogP contribution in [0.4, 0.5) is 8.78 Å². The average Bonchev–Trinajstić information content (AvgIpc) is 2.79. The third-order valence-corrected chi connectivity index (χ3v) is 4.24. The fourth-order valence-electron chi connectivity index (χ4n) is 1.98. The van der Waals surface area contributed by atoms with Crippen molar-refractivity contribution >= 4 is 28.8 Å². The van der Waals surface area contributed by atoms with Crippen molar-refractivity contribution in [3.63, 3.8) is 0 Å². The minimum Gasteiger partial charge on any atom is -0.481 e. The normalized spacial score (nSPS) is 12.8. The van der Waals surface area contributed by atoms with Crippen molar-refractivity contribution in [2.24, 2.45) is 5.92 Å². The molecule has 0 bridgehead atoms. The Hall–Kier alpha value is -1.63. The number of halogens is 2. The molecule has 0 aliphatic heterocycles. The maximum Gasteiger partial charge on any atom is 0.313 e. The molecule has 4 nitrogen and oxygen atoms in total. The lowest BCUT2D eigenvalue weighted by Crippen LogP contribution is -2.10. The summed E-state index contributed by atoms with van der Waals surface area (Å²) in [4.78, 5) is 14.9. The van der Waals surface area contributed by atoms with E-state index in [1.807, 2.05) is 13.8 Å². The highest BCUT2D eigenvalue weighted by molar-refractivity contribution is 7.99. The van der Waals surface area contributed by atoms with E-state index < -0.39 is 17.6 Å². The largest absolute Gasteiger partial charge is 0.481 e.